The molecule has 1 atom stereocenters. The predicted molar refractivity (Wildman–Crippen MR) is 69.7 cm³/mol. The Morgan fingerprint density at radius 3 is 2.35 bits per heavy atom. The maximum absolute atomic E-state index is 6.40. The van der Waals surface area contributed by atoms with Crippen molar-refractivity contribution in [3.05, 3.63) is 11.9 Å². The van der Waals surface area contributed by atoms with Crippen LogP contribution in [0.5, 0.6) is 0 Å². The normalized spacial score (nSPS) is 14.3. The van der Waals surface area contributed by atoms with Gasteiger partial charge in [-0.3, -0.25) is 4.68 Å². The van der Waals surface area contributed by atoms with Gasteiger partial charge in [-0.05, 0) is 26.9 Å². The molecule has 0 aliphatic carbocycles. The first-order chi connectivity index (χ1) is 7.96. The largest absolute Gasteiger partial charge is 0.326 e. The number of hydrogen-bond donors (Lipinski definition) is 1. The van der Waals surface area contributed by atoms with E-state index in [-0.39, 0.29) is 11.6 Å². The van der Waals surface area contributed by atoms with Gasteiger partial charge in [-0.25, -0.2) is 0 Å². The van der Waals surface area contributed by atoms with Crippen molar-refractivity contribution in [1.82, 2.24) is 19.9 Å². The minimum atomic E-state index is 0.0392. The van der Waals surface area contributed by atoms with E-state index in [0.717, 1.165) is 25.0 Å². The molecule has 0 aromatic carbocycles. The third kappa shape index (κ3) is 2.84. The molecule has 0 bridgehead atoms. The van der Waals surface area contributed by atoms with Crippen LogP contribution in [0.4, 0.5) is 0 Å². The lowest BCUT2D eigenvalue weighted by molar-refractivity contribution is 0.105. The van der Waals surface area contributed by atoms with Crippen molar-refractivity contribution in [2.75, 3.05) is 14.1 Å². The molecule has 5 heteroatoms. The maximum atomic E-state index is 6.40. The number of hydrogen-bond acceptors (Lipinski definition) is 4. The fraction of sp³-hybridized carbons (Fsp3) is 0.833. The summed E-state index contributed by atoms with van der Waals surface area (Å²) in [6.45, 7) is 4.39. The van der Waals surface area contributed by atoms with Crippen LogP contribution in [0, 0.1) is 0 Å². The highest BCUT2D eigenvalue weighted by Crippen LogP contribution is 2.26. The maximum Gasteiger partial charge on any atom is 0.0843 e. The van der Waals surface area contributed by atoms with Crippen LogP contribution in [0.15, 0.2) is 6.20 Å². The number of likely N-dealkylation sites (N-methyl/N-ethyl adjacent to an activating group) is 1. The lowest BCUT2D eigenvalue weighted by Gasteiger charge is -2.43. The van der Waals surface area contributed by atoms with Crippen molar-refractivity contribution in [3.63, 3.8) is 0 Å². The summed E-state index contributed by atoms with van der Waals surface area (Å²) in [5.74, 6) is 0. The predicted octanol–water partition coefficient (Wildman–Crippen LogP) is 0.805. The summed E-state index contributed by atoms with van der Waals surface area (Å²) in [6.07, 6.45) is 4.79. The lowest BCUT2D eigenvalue weighted by Crippen LogP contribution is -2.57. The molecule has 0 aliphatic heterocycles. The van der Waals surface area contributed by atoms with Gasteiger partial charge in [-0.15, -0.1) is 5.10 Å². The van der Waals surface area contributed by atoms with Crippen molar-refractivity contribution >= 4 is 0 Å². The molecule has 0 fully saturated rings. The van der Waals surface area contributed by atoms with Crippen molar-refractivity contribution < 1.29 is 0 Å². The topological polar surface area (TPSA) is 60.0 Å². The van der Waals surface area contributed by atoms with Crippen molar-refractivity contribution in [1.29, 1.82) is 0 Å². The molecule has 17 heavy (non-hydrogen) atoms. The molecular formula is C12H25N5. The molecule has 1 aromatic rings. The molecule has 5 nitrogen and oxygen atoms in total. The molecule has 1 unspecified atom stereocenters. The first-order valence-electron chi connectivity index (χ1n) is 6.24. The van der Waals surface area contributed by atoms with Crippen LogP contribution in [0.2, 0.25) is 0 Å². The highest BCUT2D eigenvalue weighted by Gasteiger charge is 2.35. The minimum absolute atomic E-state index is 0.0392. The Labute approximate surface area is 104 Å². The van der Waals surface area contributed by atoms with Crippen molar-refractivity contribution in [2.24, 2.45) is 12.8 Å². The second kappa shape index (κ2) is 5.60. The Bertz CT molecular complexity index is 340. The van der Waals surface area contributed by atoms with Gasteiger partial charge in [-0.1, -0.05) is 19.1 Å². The molecule has 0 saturated heterocycles. The molecular weight excluding hydrogens is 214 g/mol. The molecule has 0 radical (unpaired) electrons. The third-order valence-electron chi connectivity index (χ3n) is 3.88. The molecule has 0 amide bonds. The number of aromatic nitrogens is 3. The first-order valence-corrected chi connectivity index (χ1v) is 6.24. The average molecular weight is 239 g/mol. The zero-order valence-electron chi connectivity index (χ0n) is 11.6. The molecule has 1 rings (SSSR count). The van der Waals surface area contributed by atoms with Gasteiger partial charge in [-0.2, -0.15) is 0 Å². The van der Waals surface area contributed by atoms with Crippen LogP contribution >= 0.6 is 0 Å². The third-order valence-corrected chi connectivity index (χ3v) is 3.88. The Morgan fingerprint density at radius 1 is 1.41 bits per heavy atom. The van der Waals surface area contributed by atoms with E-state index in [2.05, 4.69) is 43.2 Å². The minimum Gasteiger partial charge on any atom is -0.326 e. The van der Waals surface area contributed by atoms with Gasteiger partial charge < -0.3 is 10.6 Å². The van der Waals surface area contributed by atoms with Crippen LogP contribution in [-0.2, 0) is 13.5 Å². The van der Waals surface area contributed by atoms with E-state index in [4.69, 9.17) is 5.73 Å². The monoisotopic (exact) mass is 239 g/mol. The fourth-order valence-corrected chi connectivity index (χ4v) is 2.64. The Hall–Kier alpha value is -0.940. The highest BCUT2D eigenvalue weighted by molar-refractivity contribution is 5.03. The Balaban J connectivity index is 2.82. The van der Waals surface area contributed by atoms with Crippen LogP contribution in [0.25, 0.3) is 0 Å². The summed E-state index contributed by atoms with van der Waals surface area (Å²) >= 11 is 0. The summed E-state index contributed by atoms with van der Waals surface area (Å²) in [7, 11) is 6.08. The smallest absolute Gasteiger partial charge is 0.0843 e. The average Bonchev–Trinajstić information content (AvgIpc) is 2.66. The SMILES string of the molecule is CCC(CC)(C(N)Cc1cn(C)nn1)N(C)C. The van der Waals surface area contributed by atoms with Gasteiger partial charge in [0.25, 0.3) is 0 Å². The zero-order valence-corrected chi connectivity index (χ0v) is 11.6. The molecule has 98 valence electrons. The Morgan fingerprint density at radius 2 is 2.00 bits per heavy atom. The number of nitrogens with zero attached hydrogens (tertiary/aromatic N) is 4. The van der Waals surface area contributed by atoms with Gasteiger partial charge in [0.05, 0.1) is 5.69 Å². The quantitative estimate of drug-likeness (QED) is 0.798. The molecule has 0 spiro atoms. The van der Waals surface area contributed by atoms with Crippen molar-refractivity contribution in [2.45, 2.75) is 44.7 Å². The van der Waals surface area contributed by atoms with E-state index in [9.17, 15) is 0 Å². The van der Waals surface area contributed by atoms with E-state index in [0.29, 0.717) is 0 Å². The van der Waals surface area contributed by atoms with E-state index in [1.807, 2.05) is 13.2 Å². The van der Waals surface area contributed by atoms with Gasteiger partial charge in [0.1, 0.15) is 0 Å². The Kier molecular flexibility index (Phi) is 4.65. The van der Waals surface area contributed by atoms with Gasteiger partial charge in [0.2, 0.25) is 0 Å². The number of rotatable bonds is 6. The standard InChI is InChI=1S/C12H25N5/c1-6-12(7-2,16(3)4)11(13)8-10-9-17(5)15-14-10/h9,11H,6-8,13H2,1-5H3. The van der Waals surface area contributed by atoms with E-state index >= 15 is 0 Å². The lowest BCUT2D eigenvalue weighted by atomic mass is 9.81. The van der Waals surface area contributed by atoms with Crippen LogP contribution < -0.4 is 5.73 Å². The summed E-state index contributed by atoms with van der Waals surface area (Å²) in [6, 6.07) is 0.0733. The summed E-state index contributed by atoms with van der Waals surface area (Å²) in [5, 5.41) is 8.06. The molecule has 1 heterocycles. The van der Waals surface area contributed by atoms with E-state index in [1.54, 1.807) is 4.68 Å². The molecule has 1 aromatic heterocycles. The second-order valence-electron chi connectivity index (χ2n) is 4.90. The molecule has 0 aliphatic rings. The van der Waals surface area contributed by atoms with E-state index in [1.165, 1.54) is 0 Å². The summed E-state index contributed by atoms with van der Waals surface area (Å²) in [4.78, 5) is 2.24. The number of nitrogens with two attached hydrogens (primary N) is 1. The molecule has 2 N–H and O–H groups in total. The van der Waals surface area contributed by atoms with Gasteiger partial charge in [0.15, 0.2) is 0 Å². The number of aryl methyl sites for hydroxylation is 1. The molecule has 0 saturated carbocycles. The second-order valence-corrected chi connectivity index (χ2v) is 4.90. The summed E-state index contributed by atoms with van der Waals surface area (Å²) < 4.78 is 1.72. The summed E-state index contributed by atoms with van der Waals surface area (Å²) in [5.41, 5.74) is 7.40. The first kappa shape index (κ1) is 14.1. The van der Waals surface area contributed by atoms with Crippen LogP contribution in [0.3, 0.4) is 0 Å². The van der Waals surface area contributed by atoms with Crippen molar-refractivity contribution in [3.8, 4) is 0 Å². The van der Waals surface area contributed by atoms with Crippen LogP contribution in [-0.4, -0.2) is 45.6 Å². The van der Waals surface area contributed by atoms with E-state index < -0.39 is 0 Å². The zero-order chi connectivity index (χ0) is 13.1. The highest BCUT2D eigenvalue weighted by atomic mass is 15.4. The van der Waals surface area contributed by atoms with Crippen LogP contribution in [0.1, 0.15) is 32.4 Å². The van der Waals surface area contributed by atoms with Gasteiger partial charge >= 0.3 is 0 Å². The fourth-order valence-electron chi connectivity index (χ4n) is 2.64. The van der Waals surface area contributed by atoms with Gasteiger partial charge in [0, 0.05) is 31.2 Å².